The molecule has 0 saturated carbocycles. The van der Waals surface area contributed by atoms with Crippen molar-refractivity contribution in [3.63, 3.8) is 0 Å². The minimum Gasteiger partial charge on any atom is -0.445 e. The molecule has 1 aromatic rings. The number of hydrogen-bond acceptors (Lipinski definition) is 5. The smallest absolute Gasteiger partial charge is 0.407 e. The first-order valence-electron chi connectivity index (χ1n) is 7.30. The first-order valence-corrected chi connectivity index (χ1v) is 7.30. The Labute approximate surface area is 129 Å². The Hall–Kier alpha value is -2.37. The number of amides is 1. The van der Waals surface area contributed by atoms with Crippen molar-refractivity contribution in [1.82, 2.24) is 5.32 Å². The number of nitrogens with one attached hydrogen (secondary N) is 1. The predicted molar refractivity (Wildman–Crippen MR) is 79.9 cm³/mol. The molecule has 0 aliphatic rings. The molecule has 0 fully saturated rings. The van der Waals surface area contributed by atoms with Crippen molar-refractivity contribution in [3.8, 4) is 0 Å². The summed E-state index contributed by atoms with van der Waals surface area (Å²) in [5.74, 6) is -1.08. The van der Waals surface area contributed by atoms with Crippen molar-refractivity contribution in [3.05, 3.63) is 35.9 Å². The van der Waals surface area contributed by atoms with E-state index in [1.54, 1.807) is 0 Å². The molecule has 6 nitrogen and oxygen atoms in total. The fourth-order valence-electron chi connectivity index (χ4n) is 1.63. The van der Waals surface area contributed by atoms with Crippen molar-refractivity contribution in [2.75, 3.05) is 6.54 Å². The maximum Gasteiger partial charge on any atom is 0.407 e. The average Bonchev–Trinajstić information content (AvgIpc) is 2.51. The minimum absolute atomic E-state index is 0.0778. The highest BCUT2D eigenvalue weighted by Crippen LogP contribution is 2.01. The lowest BCUT2D eigenvalue weighted by Crippen LogP contribution is -2.26. The van der Waals surface area contributed by atoms with Gasteiger partial charge in [0.25, 0.3) is 0 Å². The fraction of sp³-hybridized carbons (Fsp3) is 0.438. The van der Waals surface area contributed by atoms with Crippen LogP contribution in [-0.2, 0) is 25.7 Å². The van der Waals surface area contributed by atoms with Crippen molar-refractivity contribution in [2.24, 2.45) is 0 Å². The molecule has 0 radical (unpaired) electrons. The third kappa shape index (κ3) is 8.04. The Morgan fingerprint density at radius 1 is 1.05 bits per heavy atom. The van der Waals surface area contributed by atoms with Crippen LogP contribution in [0.15, 0.2) is 30.3 Å². The molecule has 1 N–H and O–H groups in total. The van der Waals surface area contributed by atoms with E-state index >= 15 is 0 Å². The van der Waals surface area contributed by atoms with E-state index in [2.05, 4.69) is 10.1 Å². The lowest BCUT2D eigenvalue weighted by Gasteiger charge is -2.07. The number of benzene rings is 1. The highest BCUT2D eigenvalue weighted by Gasteiger charge is 2.09. The average molecular weight is 307 g/mol. The van der Waals surface area contributed by atoms with Gasteiger partial charge in [0.05, 0.1) is 0 Å². The van der Waals surface area contributed by atoms with Crippen molar-refractivity contribution >= 4 is 18.0 Å². The zero-order valence-corrected chi connectivity index (χ0v) is 12.7. The van der Waals surface area contributed by atoms with Crippen LogP contribution < -0.4 is 5.32 Å². The fourth-order valence-corrected chi connectivity index (χ4v) is 1.63. The second kappa shape index (κ2) is 10.4. The maximum atomic E-state index is 11.4. The maximum absolute atomic E-state index is 11.4. The molecule has 0 aliphatic carbocycles. The third-order valence-electron chi connectivity index (χ3n) is 2.72. The zero-order chi connectivity index (χ0) is 16.2. The number of ether oxygens (including phenoxy) is 2. The van der Waals surface area contributed by atoms with E-state index in [0.717, 1.165) is 5.56 Å². The summed E-state index contributed by atoms with van der Waals surface area (Å²) < 4.78 is 9.59. The standard InChI is InChI=1S/C16H21NO5/c1-2-7-14(18)22-15(19)10-6-11-17-16(20)21-12-13-8-4-3-5-9-13/h3-5,8-9H,2,6-7,10-12H2,1H3,(H,17,20). The highest BCUT2D eigenvalue weighted by molar-refractivity contribution is 5.85. The van der Waals surface area contributed by atoms with Crippen molar-refractivity contribution in [2.45, 2.75) is 39.2 Å². The largest absolute Gasteiger partial charge is 0.445 e. The van der Waals surface area contributed by atoms with E-state index in [-0.39, 0.29) is 26.0 Å². The zero-order valence-electron chi connectivity index (χ0n) is 12.7. The van der Waals surface area contributed by atoms with Crippen LogP contribution in [0.2, 0.25) is 0 Å². The Balaban J connectivity index is 2.07. The van der Waals surface area contributed by atoms with Gasteiger partial charge in [0, 0.05) is 19.4 Å². The first kappa shape index (κ1) is 17.7. The van der Waals surface area contributed by atoms with Gasteiger partial charge in [-0.2, -0.15) is 0 Å². The van der Waals surface area contributed by atoms with Crippen LogP contribution in [0.3, 0.4) is 0 Å². The quantitative estimate of drug-likeness (QED) is 0.453. The number of carbonyl (C=O) groups is 3. The predicted octanol–water partition coefficient (Wildman–Crippen LogP) is 2.56. The summed E-state index contributed by atoms with van der Waals surface area (Å²) >= 11 is 0. The summed E-state index contributed by atoms with van der Waals surface area (Å²) in [7, 11) is 0. The van der Waals surface area contributed by atoms with Crippen LogP contribution in [0.25, 0.3) is 0 Å². The molecule has 1 amide bonds. The van der Waals surface area contributed by atoms with Gasteiger partial charge in [0.1, 0.15) is 6.61 Å². The molecule has 6 heteroatoms. The van der Waals surface area contributed by atoms with E-state index in [1.807, 2.05) is 37.3 Å². The summed E-state index contributed by atoms with van der Waals surface area (Å²) in [6.07, 6.45) is 0.795. The molecule has 0 saturated heterocycles. The monoisotopic (exact) mass is 307 g/mol. The van der Waals surface area contributed by atoms with E-state index in [1.165, 1.54) is 0 Å². The SMILES string of the molecule is CCCC(=O)OC(=O)CCCNC(=O)OCc1ccccc1. The van der Waals surface area contributed by atoms with Gasteiger partial charge in [0.2, 0.25) is 0 Å². The molecule has 0 aromatic heterocycles. The van der Waals surface area contributed by atoms with Crippen molar-refractivity contribution in [1.29, 1.82) is 0 Å². The molecule has 1 rings (SSSR count). The molecule has 0 aliphatic heterocycles. The van der Waals surface area contributed by atoms with E-state index in [0.29, 0.717) is 12.8 Å². The Morgan fingerprint density at radius 3 is 2.41 bits per heavy atom. The van der Waals surface area contributed by atoms with Gasteiger partial charge in [-0.05, 0) is 18.4 Å². The molecule has 0 spiro atoms. The summed E-state index contributed by atoms with van der Waals surface area (Å²) in [5, 5.41) is 2.53. The van der Waals surface area contributed by atoms with Gasteiger partial charge in [-0.25, -0.2) is 4.79 Å². The second-order valence-corrected chi connectivity index (χ2v) is 4.69. The molecule has 0 atom stereocenters. The second-order valence-electron chi connectivity index (χ2n) is 4.69. The molecule has 0 heterocycles. The summed E-state index contributed by atoms with van der Waals surface area (Å²) in [6.45, 7) is 2.31. The van der Waals surface area contributed by atoms with Crippen LogP contribution in [0.5, 0.6) is 0 Å². The number of esters is 2. The number of rotatable bonds is 8. The van der Waals surface area contributed by atoms with Gasteiger partial charge < -0.3 is 14.8 Å². The molecular weight excluding hydrogens is 286 g/mol. The molecule has 1 aromatic carbocycles. The highest BCUT2D eigenvalue weighted by atomic mass is 16.6. The summed E-state index contributed by atoms with van der Waals surface area (Å²) in [6, 6.07) is 9.32. The van der Waals surface area contributed by atoms with E-state index < -0.39 is 18.0 Å². The number of alkyl carbamates (subject to hydrolysis) is 1. The minimum atomic E-state index is -0.571. The van der Waals surface area contributed by atoms with Crippen LogP contribution >= 0.6 is 0 Å². The molecular formula is C16H21NO5. The van der Waals surface area contributed by atoms with Crippen LogP contribution in [0.4, 0.5) is 4.79 Å². The molecule has 0 unspecified atom stereocenters. The van der Waals surface area contributed by atoms with Gasteiger partial charge in [-0.3, -0.25) is 9.59 Å². The van der Waals surface area contributed by atoms with Crippen molar-refractivity contribution < 1.29 is 23.9 Å². The van der Waals surface area contributed by atoms with Crippen LogP contribution in [0, 0.1) is 0 Å². The van der Waals surface area contributed by atoms with Gasteiger partial charge in [-0.1, -0.05) is 37.3 Å². The number of hydrogen-bond donors (Lipinski definition) is 1. The molecule has 120 valence electrons. The lowest BCUT2D eigenvalue weighted by atomic mass is 10.2. The Morgan fingerprint density at radius 2 is 1.73 bits per heavy atom. The lowest BCUT2D eigenvalue weighted by molar-refractivity contribution is -0.159. The Kier molecular flexibility index (Phi) is 8.33. The van der Waals surface area contributed by atoms with Gasteiger partial charge >= 0.3 is 18.0 Å². The van der Waals surface area contributed by atoms with Crippen LogP contribution in [-0.4, -0.2) is 24.6 Å². The molecule has 0 bridgehead atoms. The van der Waals surface area contributed by atoms with E-state index in [4.69, 9.17) is 4.74 Å². The topological polar surface area (TPSA) is 81.7 Å². The van der Waals surface area contributed by atoms with Crippen LogP contribution in [0.1, 0.15) is 38.2 Å². The molecule has 22 heavy (non-hydrogen) atoms. The van der Waals surface area contributed by atoms with E-state index in [9.17, 15) is 14.4 Å². The third-order valence-corrected chi connectivity index (χ3v) is 2.72. The normalized spacial score (nSPS) is 9.86. The van der Waals surface area contributed by atoms with Gasteiger partial charge in [0.15, 0.2) is 0 Å². The van der Waals surface area contributed by atoms with Gasteiger partial charge in [-0.15, -0.1) is 0 Å². The summed E-state index contributed by atoms with van der Waals surface area (Å²) in [5.41, 5.74) is 0.899. The summed E-state index contributed by atoms with van der Waals surface area (Å²) in [4.78, 5) is 33.8. The first-order chi connectivity index (χ1) is 10.6. The number of carbonyl (C=O) groups excluding carboxylic acids is 3. The Bertz CT molecular complexity index is 487.